The zero-order valence-corrected chi connectivity index (χ0v) is 85.4. The highest BCUT2D eigenvalue weighted by Gasteiger charge is 2.48. The number of aromatic nitrogens is 1. The van der Waals surface area contributed by atoms with Crippen molar-refractivity contribution in [3.63, 3.8) is 0 Å². The molecule has 15 fully saturated rings. The fourth-order valence-corrected chi connectivity index (χ4v) is 26.2. The molecule has 0 aliphatic carbocycles. The van der Waals surface area contributed by atoms with Gasteiger partial charge in [0.25, 0.3) is 11.2 Å². The molecular weight excluding hydrogens is 1720 g/mol. The standard InChI is InChI=1S/C18H26N4O.C16H23N3O.C15H25F2N3O.C15H27N3O2.C13H24N2S.C12H23N3S.C12H22N2OS/c1-20-10-6-14(7-11-20)17-5-3-9-22(17)18(23)21-12-15-4-2-8-19-16(15)13-21;1-17-16(20)19-11-13-5-3-4-6-14(13)15(19)12-7-9-18(2)10-8-12;1-18-8-4-12(5-9-18)13-3-2-7-20(13)14(21)19-10-6-15(16,17)11-19;1-16-7-4-13(5-8-16)14-3-2-6-18(14)15(19)17-9-11-20-12-10-17;1-3-13(16)15-8-4-5-12(15)11-6-9-14(2)10-7-11;1-13-12(16)15-7-3-4-11(15)10-5-8-14(2)9-6-10;1-13-8-5-10(6-9-13)11-4-3-7-14(11)12(15)16-2/h2,4,8,14,17H,3,5-7,9-13H2,1H3;3-6,12,15H,7-11H2,1-2H3,(H,17,20);12-13H,2-11H2,1H3;13-14H,2-12H2,1H3;11-12H,3-10H2,1-2H3;10-11H,3-9H2,1-2H3,(H,13,16);10-11H,3-9H2,1-2H3/t17-;;13-;14-;12-;2*11-/m0.00000/s1. The summed E-state index contributed by atoms with van der Waals surface area (Å²) >= 11 is 12.3. The third-order valence-corrected chi connectivity index (χ3v) is 34.8. The SMILES string of the molecule is CCC(=S)N1CCC[C@H]1C1CCN(C)CC1.CN1CCC([C@@H]2CCCN2C(=O)N2CCC(F)(F)C2)CC1.CN1CCC([C@@H]2CCCN2C(=O)N2CCOCC2)CC1.CN1CCC([C@@H]2CCCN2C(=O)N2Cc3cccnc3C2)CC1.CNC(=O)N1Cc2ccccc2C1C1CCN(C)CC1.CNC(=S)N1CCC[C@H]1C1CCN(C)CC1.CSC(=O)N1CCC[C@H]1C1CCN(C)CC1. The molecule has 18 heterocycles. The molecular formula is C101H170F2N20O6S3. The summed E-state index contributed by atoms with van der Waals surface area (Å²) in [4.78, 5) is 105. The third kappa shape index (κ3) is 27.7. The number of rotatable bonds is 8. The average Bonchev–Trinajstić information content (AvgIpc) is 1.62. The summed E-state index contributed by atoms with van der Waals surface area (Å²) in [6.07, 6.45) is 36.5. The first-order valence-corrected chi connectivity index (χ1v) is 53.9. The maximum atomic E-state index is 13.3. The fourth-order valence-electron chi connectivity index (χ4n) is 25.3. The summed E-state index contributed by atoms with van der Waals surface area (Å²) in [6.45, 7) is 29.5. The minimum atomic E-state index is -2.70. The molecule has 7 atom stereocenters. The van der Waals surface area contributed by atoms with E-state index < -0.39 is 12.5 Å². The van der Waals surface area contributed by atoms with Crippen molar-refractivity contribution in [2.24, 2.45) is 41.4 Å². The number of alkyl halides is 2. The number of benzene rings is 1. The van der Waals surface area contributed by atoms with Crippen LogP contribution >= 0.6 is 36.2 Å². The van der Waals surface area contributed by atoms with Gasteiger partial charge >= 0.3 is 24.1 Å². The van der Waals surface area contributed by atoms with E-state index in [0.717, 1.165) is 158 Å². The molecule has 1 aromatic carbocycles. The lowest BCUT2D eigenvalue weighted by Crippen LogP contribution is -2.52. The number of thiocarbonyl (C=S) groups is 2. The number of fused-ring (bicyclic) bond motifs is 2. The van der Waals surface area contributed by atoms with E-state index >= 15 is 0 Å². The smallest absolute Gasteiger partial charge is 0.320 e. The highest BCUT2D eigenvalue weighted by atomic mass is 32.2. The van der Waals surface area contributed by atoms with E-state index in [-0.39, 0.29) is 54.4 Å². The van der Waals surface area contributed by atoms with Crippen LogP contribution in [0.4, 0.5) is 32.8 Å². The molecule has 0 bridgehead atoms. The molecule has 31 heteroatoms. The summed E-state index contributed by atoms with van der Waals surface area (Å²) in [6, 6.07) is 16.4. The largest absolute Gasteiger partial charge is 0.378 e. The number of morpholine rings is 1. The van der Waals surface area contributed by atoms with Gasteiger partial charge in [-0.25, -0.2) is 28.0 Å². The van der Waals surface area contributed by atoms with Gasteiger partial charge in [0.1, 0.15) is 0 Å². The van der Waals surface area contributed by atoms with E-state index in [0.29, 0.717) is 67.6 Å². The number of halogens is 2. The summed E-state index contributed by atoms with van der Waals surface area (Å²) < 4.78 is 32.0. The van der Waals surface area contributed by atoms with E-state index in [1.54, 1.807) is 7.05 Å². The van der Waals surface area contributed by atoms with E-state index in [9.17, 15) is 32.8 Å². The predicted octanol–water partition coefficient (Wildman–Crippen LogP) is 14.1. The Morgan fingerprint density at radius 3 is 1.14 bits per heavy atom. The van der Waals surface area contributed by atoms with Gasteiger partial charge in [-0.2, -0.15) is 0 Å². The van der Waals surface area contributed by atoms with Crippen LogP contribution in [0.15, 0.2) is 42.6 Å². The Kier molecular flexibility index (Phi) is 39.9. The van der Waals surface area contributed by atoms with Gasteiger partial charge in [-0.05, 0) is 397 Å². The number of amides is 9. The zero-order valence-electron chi connectivity index (χ0n) is 82.9. The van der Waals surface area contributed by atoms with Crippen molar-refractivity contribution in [3.8, 4) is 0 Å². The first kappa shape index (κ1) is 104. The Balaban J connectivity index is 0.000000131. The first-order chi connectivity index (χ1) is 63.8. The van der Waals surface area contributed by atoms with E-state index in [4.69, 9.17) is 29.2 Å². The average molecular weight is 1890 g/mol. The van der Waals surface area contributed by atoms with Gasteiger partial charge in [0.2, 0.25) is 0 Å². The summed E-state index contributed by atoms with van der Waals surface area (Å²) in [5, 5.41) is 7.15. The quantitative estimate of drug-likeness (QED) is 0.237. The highest BCUT2D eigenvalue weighted by molar-refractivity contribution is 8.12. The molecule has 132 heavy (non-hydrogen) atoms. The molecule has 19 rings (SSSR count). The van der Waals surface area contributed by atoms with Gasteiger partial charge in [-0.1, -0.05) is 61.2 Å². The second kappa shape index (κ2) is 50.8. The van der Waals surface area contributed by atoms with Crippen molar-refractivity contribution in [3.05, 3.63) is 65.0 Å². The first-order valence-electron chi connectivity index (χ1n) is 51.8. The second-order valence-corrected chi connectivity index (χ2v) is 43.6. The van der Waals surface area contributed by atoms with Crippen LogP contribution in [0.1, 0.15) is 215 Å². The summed E-state index contributed by atoms with van der Waals surface area (Å²) in [7, 11) is 19.0. The van der Waals surface area contributed by atoms with Crippen LogP contribution in [0.5, 0.6) is 0 Å². The van der Waals surface area contributed by atoms with Gasteiger partial charge in [-0.15, -0.1) is 0 Å². The molecule has 17 aliphatic heterocycles. The van der Waals surface area contributed by atoms with Gasteiger partial charge < -0.3 is 98.7 Å². The molecule has 742 valence electrons. The number of nitrogens with one attached hydrogen (secondary N) is 2. The van der Waals surface area contributed by atoms with Crippen LogP contribution in [-0.4, -0.2) is 410 Å². The minimum absolute atomic E-state index is 0.0464. The number of thioether (sulfide) groups is 1. The molecule has 0 spiro atoms. The van der Waals surface area contributed by atoms with Crippen LogP contribution in [0.3, 0.4) is 0 Å². The molecule has 9 amide bonds. The molecule has 0 radical (unpaired) electrons. The lowest BCUT2D eigenvalue weighted by atomic mass is 9.85. The number of carbonyl (C=O) groups excluding carboxylic acids is 5. The molecule has 26 nitrogen and oxygen atoms in total. The Bertz CT molecular complexity index is 3770. The Labute approximate surface area is 808 Å². The number of nitrogens with zero attached hydrogens (tertiary/aromatic N) is 18. The molecule has 0 saturated carbocycles. The number of hydrogen-bond donors (Lipinski definition) is 2. The van der Waals surface area contributed by atoms with Crippen LogP contribution < -0.4 is 10.6 Å². The number of ether oxygens (including phenoxy) is 1. The van der Waals surface area contributed by atoms with Crippen LogP contribution in [0.2, 0.25) is 0 Å². The number of likely N-dealkylation sites (tertiary alicyclic amines) is 14. The normalized spacial score (nSPS) is 28.0. The van der Waals surface area contributed by atoms with Gasteiger partial charge in [-0.3, -0.25) is 9.78 Å². The summed E-state index contributed by atoms with van der Waals surface area (Å²) in [5.41, 5.74) is 4.93. The van der Waals surface area contributed by atoms with E-state index in [1.807, 2.05) is 45.2 Å². The van der Waals surface area contributed by atoms with Crippen molar-refractivity contribution in [2.75, 3.05) is 240 Å². The van der Waals surface area contributed by atoms with E-state index in [2.05, 4.69) is 161 Å². The maximum Gasteiger partial charge on any atom is 0.320 e. The van der Waals surface area contributed by atoms with Crippen LogP contribution in [-0.2, 0) is 24.4 Å². The van der Waals surface area contributed by atoms with Crippen LogP contribution in [0.25, 0.3) is 0 Å². The minimum Gasteiger partial charge on any atom is -0.378 e. The number of pyridine rings is 1. The third-order valence-electron chi connectivity index (χ3n) is 33.3. The van der Waals surface area contributed by atoms with Crippen molar-refractivity contribution in [1.82, 2.24) is 98.9 Å². The number of piperidine rings is 7. The van der Waals surface area contributed by atoms with Gasteiger partial charge in [0, 0.05) is 135 Å². The Morgan fingerprint density at radius 1 is 0.402 bits per heavy atom. The predicted molar refractivity (Wildman–Crippen MR) is 536 cm³/mol. The molecule has 1 unspecified atom stereocenters. The molecule has 15 saturated heterocycles. The second-order valence-electron chi connectivity index (χ2n) is 41.9. The highest BCUT2D eigenvalue weighted by Crippen LogP contribution is 2.44. The van der Waals surface area contributed by atoms with Crippen LogP contribution in [0, 0.1) is 41.4 Å². The van der Waals surface area contributed by atoms with Crippen molar-refractivity contribution in [1.29, 1.82) is 0 Å². The number of urea groups is 4. The number of hydrogen-bond acceptors (Lipinski definition) is 17. The Hall–Kier alpha value is -5.61. The zero-order chi connectivity index (χ0) is 93.5. The fraction of sp³-hybridized carbons (Fsp3) is 0.822. The molecule has 2 N–H and O–H groups in total. The van der Waals surface area contributed by atoms with Gasteiger partial charge in [0.05, 0.1) is 43.0 Å². The van der Waals surface area contributed by atoms with Crippen molar-refractivity contribution < 1.29 is 37.5 Å². The van der Waals surface area contributed by atoms with E-state index in [1.165, 1.54) is 245 Å². The van der Waals surface area contributed by atoms with Gasteiger partial charge in [0.15, 0.2) is 5.11 Å². The van der Waals surface area contributed by atoms with Crippen molar-refractivity contribution >= 4 is 75.7 Å². The maximum absolute atomic E-state index is 13.3. The number of carbonyl (C=O) groups is 5. The molecule has 17 aliphatic rings. The summed E-state index contributed by atoms with van der Waals surface area (Å²) in [5.74, 6) is 2.30. The molecule has 1 aromatic heterocycles. The Morgan fingerprint density at radius 2 is 0.758 bits per heavy atom. The lowest BCUT2D eigenvalue weighted by molar-refractivity contribution is 0.0130. The molecule has 2 aromatic rings. The monoisotopic (exact) mass is 1890 g/mol. The topological polar surface area (TPSA) is 187 Å². The lowest BCUT2D eigenvalue weighted by Gasteiger charge is -2.39. The van der Waals surface area contributed by atoms with Crippen molar-refractivity contribution in [2.45, 2.75) is 255 Å².